The zero-order valence-corrected chi connectivity index (χ0v) is 10.3. The molecule has 0 aliphatic heterocycles. The molecule has 5 heteroatoms. The van der Waals surface area contributed by atoms with Crippen molar-refractivity contribution >= 4 is 22.8 Å². The molecule has 0 aromatic carbocycles. The van der Waals surface area contributed by atoms with Crippen LogP contribution in [0.4, 0.5) is 0 Å². The second-order valence-electron chi connectivity index (χ2n) is 3.41. The molecule has 0 aliphatic carbocycles. The summed E-state index contributed by atoms with van der Waals surface area (Å²) in [7, 11) is 0. The second kappa shape index (κ2) is 7.70. The summed E-state index contributed by atoms with van der Waals surface area (Å²) in [4.78, 5) is 22.0. The number of rotatable bonds is 6. The van der Waals surface area contributed by atoms with E-state index in [1.165, 1.54) is 6.92 Å². The van der Waals surface area contributed by atoms with Crippen molar-refractivity contribution in [2.24, 2.45) is 5.92 Å². The molecular weight excluding hydrogens is 214 g/mol. The molecule has 0 aromatic rings. The lowest BCUT2D eigenvalue weighted by atomic mass is 10.1. The quantitative estimate of drug-likeness (QED) is 0.666. The number of hydrogen-bond acceptors (Lipinski definition) is 4. The lowest BCUT2D eigenvalue weighted by molar-refractivity contribution is -0.119. The predicted octanol–water partition coefficient (Wildman–Crippen LogP) is 0.789. The molecule has 0 rings (SSSR count). The highest BCUT2D eigenvalue weighted by Gasteiger charge is 2.20. The fraction of sp³-hybridized carbons (Fsp3) is 0.800. The summed E-state index contributed by atoms with van der Waals surface area (Å²) < 4.78 is 0. The van der Waals surface area contributed by atoms with E-state index in [0.717, 1.165) is 11.8 Å². The summed E-state index contributed by atoms with van der Waals surface area (Å²) in [6, 6.07) is 0. The fourth-order valence-corrected chi connectivity index (χ4v) is 1.85. The summed E-state index contributed by atoms with van der Waals surface area (Å²) >= 11 is 1.16. The van der Waals surface area contributed by atoms with Crippen molar-refractivity contribution in [3.63, 3.8) is 0 Å². The number of amides is 1. The van der Waals surface area contributed by atoms with E-state index in [1.807, 2.05) is 6.92 Å². The first-order chi connectivity index (χ1) is 6.99. The summed E-state index contributed by atoms with van der Waals surface area (Å²) in [5, 5.41) is 12.0. The zero-order chi connectivity index (χ0) is 11.8. The van der Waals surface area contributed by atoms with Gasteiger partial charge in [-0.2, -0.15) is 0 Å². The maximum absolute atomic E-state index is 11.5. The van der Waals surface area contributed by atoms with Crippen LogP contribution >= 0.6 is 11.8 Å². The van der Waals surface area contributed by atoms with Crippen LogP contribution in [0.5, 0.6) is 0 Å². The average molecular weight is 233 g/mol. The maximum atomic E-state index is 11.5. The molecule has 1 amide bonds. The van der Waals surface area contributed by atoms with Gasteiger partial charge in [-0.1, -0.05) is 25.6 Å². The van der Waals surface area contributed by atoms with Gasteiger partial charge in [0.25, 0.3) is 0 Å². The first-order valence-corrected chi connectivity index (χ1v) is 6.06. The highest BCUT2D eigenvalue weighted by molar-refractivity contribution is 8.13. The van der Waals surface area contributed by atoms with E-state index in [-0.39, 0.29) is 16.9 Å². The molecule has 15 heavy (non-hydrogen) atoms. The van der Waals surface area contributed by atoms with Crippen LogP contribution in [0.3, 0.4) is 0 Å². The van der Waals surface area contributed by atoms with Crippen LogP contribution in [-0.2, 0) is 9.59 Å². The Morgan fingerprint density at radius 3 is 2.53 bits per heavy atom. The monoisotopic (exact) mass is 233 g/mol. The Hall–Kier alpha value is -0.550. The minimum atomic E-state index is -0.564. The summed E-state index contributed by atoms with van der Waals surface area (Å²) in [5.41, 5.74) is 0. The smallest absolute Gasteiger partial charge is 0.216 e. The van der Waals surface area contributed by atoms with Crippen molar-refractivity contribution in [1.82, 2.24) is 5.32 Å². The third-order valence-corrected chi connectivity index (χ3v) is 3.15. The van der Waals surface area contributed by atoms with E-state index in [2.05, 4.69) is 5.32 Å². The van der Waals surface area contributed by atoms with Crippen molar-refractivity contribution in [2.75, 3.05) is 12.3 Å². The Labute approximate surface area is 94.8 Å². The highest BCUT2D eigenvalue weighted by Crippen LogP contribution is 2.15. The molecule has 0 spiro atoms. The number of hydrogen-bond donors (Lipinski definition) is 2. The Bertz CT molecular complexity index is 221. The molecule has 2 N–H and O–H groups in total. The van der Waals surface area contributed by atoms with E-state index < -0.39 is 6.10 Å². The summed E-state index contributed by atoms with van der Waals surface area (Å²) in [5.74, 6) is 0.126. The predicted molar refractivity (Wildman–Crippen MR) is 61.6 cm³/mol. The Kier molecular flexibility index (Phi) is 7.42. The van der Waals surface area contributed by atoms with Crippen LogP contribution in [0.25, 0.3) is 0 Å². The molecule has 0 radical (unpaired) electrons. The fourth-order valence-electron chi connectivity index (χ4n) is 1.02. The van der Waals surface area contributed by atoms with Crippen LogP contribution in [-0.4, -0.2) is 34.5 Å². The van der Waals surface area contributed by atoms with E-state index in [1.54, 1.807) is 6.92 Å². The molecule has 0 aromatic heterocycles. The second-order valence-corrected chi connectivity index (χ2v) is 4.51. The number of carbonyl (C=O) groups is 2. The van der Waals surface area contributed by atoms with Gasteiger partial charge in [0.15, 0.2) is 5.12 Å². The molecule has 0 aliphatic rings. The van der Waals surface area contributed by atoms with Crippen molar-refractivity contribution < 1.29 is 14.7 Å². The van der Waals surface area contributed by atoms with Gasteiger partial charge >= 0.3 is 0 Å². The van der Waals surface area contributed by atoms with Gasteiger partial charge in [-0.15, -0.1) is 0 Å². The van der Waals surface area contributed by atoms with Gasteiger partial charge in [0, 0.05) is 19.2 Å². The van der Waals surface area contributed by atoms with Crippen LogP contribution in [0.15, 0.2) is 0 Å². The first-order valence-electron chi connectivity index (χ1n) is 5.08. The number of thioether (sulfide) groups is 1. The molecule has 0 bridgehead atoms. The van der Waals surface area contributed by atoms with E-state index in [4.69, 9.17) is 0 Å². The Balaban J connectivity index is 3.69. The molecule has 0 fully saturated rings. The highest BCUT2D eigenvalue weighted by atomic mass is 32.2. The molecule has 2 atom stereocenters. The number of aliphatic hydroxyl groups excluding tert-OH is 1. The molecule has 88 valence electrons. The van der Waals surface area contributed by atoms with E-state index >= 15 is 0 Å². The van der Waals surface area contributed by atoms with Gasteiger partial charge in [0.1, 0.15) is 0 Å². The standard InChI is InChI=1S/C10H19NO3S/c1-4-9(13)7(2)10(14)15-6-5-11-8(3)12/h7,9,13H,4-6H2,1-3H3,(H,11,12)/t7-,9+/m1/s1. The Morgan fingerprint density at radius 1 is 1.47 bits per heavy atom. The van der Waals surface area contributed by atoms with Gasteiger partial charge in [0.05, 0.1) is 12.0 Å². The van der Waals surface area contributed by atoms with Crippen LogP contribution in [0.1, 0.15) is 27.2 Å². The van der Waals surface area contributed by atoms with E-state index in [0.29, 0.717) is 18.7 Å². The number of nitrogens with one attached hydrogen (secondary N) is 1. The van der Waals surface area contributed by atoms with Gasteiger partial charge in [0.2, 0.25) is 5.91 Å². The molecule has 0 saturated heterocycles. The Morgan fingerprint density at radius 2 is 2.07 bits per heavy atom. The van der Waals surface area contributed by atoms with Crippen molar-refractivity contribution in [3.8, 4) is 0 Å². The third kappa shape index (κ3) is 6.52. The van der Waals surface area contributed by atoms with Crippen molar-refractivity contribution in [1.29, 1.82) is 0 Å². The SMILES string of the molecule is CC[C@H](O)[C@@H](C)C(=O)SCCNC(C)=O. The van der Waals surface area contributed by atoms with Crippen LogP contribution < -0.4 is 5.32 Å². The van der Waals surface area contributed by atoms with Crippen LogP contribution in [0, 0.1) is 5.92 Å². The van der Waals surface area contributed by atoms with Crippen LogP contribution in [0.2, 0.25) is 0 Å². The molecule has 0 heterocycles. The lowest BCUT2D eigenvalue weighted by Gasteiger charge is -2.15. The molecule has 0 saturated carbocycles. The molecular formula is C10H19NO3S. The van der Waals surface area contributed by atoms with Gasteiger partial charge in [-0.05, 0) is 6.42 Å². The maximum Gasteiger partial charge on any atom is 0.216 e. The minimum Gasteiger partial charge on any atom is -0.392 e. The van der Waals surface area contributed by atoms with Crippen molar-refractivity contribution in [2.45, 2.75) is 33.3 Å². The van der Waals surface area contributed by atoms with Gasteiger partial charge in [-0.25, -0.2) is 0 Å². The molecule has 0 unspecified atom stereocenters. The topological polar surface area (TPSA) is 66.4 Å². The first kappa shape index (κ1) is 14.5. The minimum absolute atomic E-state index is 0.0188. The average Bonchev–Trinajstić information content (AvgIpc) is 2.21. The largest absolute Gasteiger partial charge is 0.392 e. The zero-order valence-electron chi connectivity index (χ0n) is 9.45. The van der Waals surface area contributed by atoms with Gasteiger partial charge in [-0.3, -0.25) is 9.59 Å². The third-order valence-electron chi connectivity index (χ3n) is 2.09. The summed E-state index contributed by atoms with van der Waals surface area (Å²) in [6.45, 7) is 5.49. The molecule has 4 nitrogen and oxygen atoms in total. The van der Waals surface area contributed by atoms with Gasteiger partial charge < -0.3 is 10.4 Å². The lowest BCUT2D eigenvalue weighted by Crippen LogP contribution is -2.26. The number of carbonyl (C=O) groups excluding carboxylic acids is 2. The number of aliphatic hydroxyl groups is 1. The normalized spacial score (nSPS) is 14.4. The summed E-state index contributed by atoms with van der Waals surface area (Å²) in [6.07, 6.45) is 0.0184. The van der Waals surface area contributed by atoms with E-state index in [9.17, 15) is 14.7 Å². The van der Waals surface area contributed by atoms with Crippen molar-refractivity contribution in [3.05, 3.63) is 0 Å².